The molecule has 4 nitrogen and oxygen atoms in total. The molecule has 0 aromatic heterocycles. The van der Waals surface area contributed by atoms with Crippen molar-refractivity contribution in [2.75, 3.05) is 24.7 Å². The van der Waals surface area contributed by atoms with Crippen molar-refractivity contribution in [3.8, 4) is 0 Å². The Hall–Kier alpha value is -0.130. The van der Waals surface area contributed by atoms with E-state index in [1.54, 1.807) is 6.92 Å². The fourth-order valence-corrected chi connectivity index (χ4v) is 2.52. The normalized spacial score (nSPS) is 26.3. The molecule has 0 heterocycles. The van der Waals surface area contributed by atoms with Crippen LogP contribution in [0.1, 0.15) is 26.2 Å². The van der Waals surface area contributed by atoms with E-state index < -0.39 is 9.84 Å². The van der Waals surface area contributed by atoms with Gasteiger partial charge in [-0.25, -0.2) is 8.42 Å². The van der Waals surface area contributed by atoms with E-state index in [1.807, 2.05) is 0 Å². The summed E-state index contributed by atoms with van der Waals surface area (Å²) in [7, 11) is -2.82. The highest BCUT2D eigenvalue weighted by Crippen LogP contribution is 2.28. The lowest BCUT2D eigenvalue weighted by Crippen LogP contribution is -2.36. The summed E-state index contributed by atoms with van der Waals surface area (Å²) in [5, 5.41) is 0. The third-order valence-electron chi connectivity index (χ3n) is 2.92. The predicted molar refractivity (Wildman–Crippen MR) is 60.5 cm³/mol. The summed E-state index contributed by atoms with van der Waals surface area (Å²) < 4.78 is 27.8. The van der Waals surface area contributed by atoms with Crippen LogP contribution in [0.4, 0.5) is 0 Å². The molecule has 0 unspecified atom stereocenters. The Bertz CT molecular complexity index is 270. The summed E-state index contributed by atoms with van der Waals surface area (Å²) in [4.78, 5) is 0. The van der Waals surface area contributed by atoms with Gasteiger partial charge in [-0.05, 0) is 31.7 Å². The predicted octanol–water partition coefficient (Wildman–Crippen LogP) is 0.565. The monoisotopic (exact) mass is 235 g/mol. The summed E-state index contributed by atoms with van der Waals surface area (Å²) in [5.74, 6) is 1.09. The molecule has 1 rings (SSSR count). The van der Waals surface area contributed by atoms with E-state index in [0.717, 1.165) is 19.4 Å². The van der Waals surface area contributed by atoms with Crippen LogP contribution >= 0.6 is 0 Å². The molecule has 15 heavy (non-hydrogen) atoms. The van der Waals surface area contributed by atoms with Gasteiger partial charge in [0.1, 0.15) is 9.84 Å². The second kappa shape index (κ2) is 5.82. The Morgan fingerprint density at radius 3 is 2.60 bits per heavy atom. The van der Waals surface area contributed by atoms with Crippen LogP contribution < -0.4 is 5.73 Å². The molecule has 0 aromatic rings. The van der Waals surface area contributed by atoms with E-state index in [-0.39, 0.29) is 11.5 Å². The van der Waals surface area contributed by atoms with E-state index in [0.29, 0.717) is 25.0 Å². The number of hydrogen-bond donors (Lipinski definition) is 1. The minimum Gasteiger partial charge on any atom is -0.378 e. The van der Waals surface area contributed by atoms with Gasteiger partial charge in [0.05, 0.1) is 11.9 Å². The van der Waals surface area contributed by atoms with Crippen LogP contribution in [0.3, 0.4) is 0 Å². The molecule has 0 bridgehead atoms. The largest absolute Gasteiger partial charge is 0.378 e. The topological polar surface area (TPSA) is 69.4 Å². The van der Waals surface area contributed by atoms with E-state index in [4.69, 9.17) is 10.5 Å². The van der Waals surface area contributed by atoms with Gasteiger partial charge in [-0.1, -0.05) is 6.92 Å². The lowest BCUT2D eigenvalue weighted by Gasteiger charge is -2.34. The molecule has 90 valence electrons. The van der Waals surface area contributed by atoms with Gasteiger partial charge < -0.3 is 10.5 Å². The first-order valence-electron chi connectivity index (χ1n) is 5.59. The molecule has 1 aliphatic rings. The van der Waals surface area contributed by atoms with Gasteiger partial charge in [-0.2, -0.15) is 0 Å². The highest BCUT2D eigenvalue weighted by Gasteiger charge is 2.28. The maximum absolute atomic E-state index is 11.2. The third kappa shape index (κ3) is 4.49. The molecule has 2 N–H and O–H groups in total. The van der Waals surface area contributed by atoms with Gasteiger partial charge in [-0.3, -0.25) is 0 Å². The van der Waals surface area contributed by atoms with E-state index in [9.17, 15) is 8.42 Å². The molecule has 0 radical (unpaired) electrons. The lowest BCUT2D eigenvalue weighted by atomic mass is 9.82. The SMILES string of the molecule is CCS(=O)(=O)CCCOC1CC(CN)C1. The number of sulfone groups is 1. The third-order valence-corrected chi connectivity index (χ3v) is 4.71. The molecule has 1 fully saturated rings. The lowest BCUT2D eigenvalue weighted by molar-refractivity contribution is -0.0271. The minimum atomic E-state index is -2.82. The van der Waals surface area contributed by atoms with Crippen LogP contribution in [0.25, 0.3) is 0 Å². The molecular weight excluding hydrogens is 214 g/mol. The van der Waals surface area contributed by atoms with Crippen molar-refractivity contribution in [2.24, 2.45) is 11.7 Å². The summed E-state index contributed by atoms with van der Waals surface area (Å²) in [6, 6.07) is 0. The quantitative estimate of drug-likeness (QED) is 0.655. The zero-order valence-electron chi connectivity index (χ0n) is 9.31. The average molecular weight is 235 g/mol. The maximum atomic E-state index is 11.2. The maximum Gasteiger partial charge on any atom is 0.150 e. The fraction of sp³-hybridized carbons (Fsp3) is 1.00. The Kier molecular flexibility index (Phi) is 5.02. The van der Waals surface area contributed by atoms with Crippen molar-refractivity contribution in [3.63, 3.8) is 0 Å². The van der Waals surface area contributed by atoms with E-state index >= 15 is 0 Å². The first-order chi connectivity index (χ1) is 7.07. The first kappa shape index (κ1) is 12.9. The minimum absolute atomic E-state index is 0.228. The van der Waals surface area contributed by atoms with Crippen molar-refractivity contribution in [1.82, 2.24) is 0 Å². The van der Waals surface area contributed by atoms with Crippen LogP contribution in [0.2, 0.25) is 0 Å². The first-order valence-corrected chi connectivity index (χ1v) is 7.41. The Morgan fingerprint density at radius 2 is 2.07 bits per heavy atom. The summed E-state index contributed by atoms with van der Waals surface area (Å²) in [6.45, 7) is 2.97. The molecule has 0 amide bonds. The standard InChI is InChI=1S/C10H21NO3S/c1-2-15(12,13)5-3-4-14-10-6-9(7-10)8-11/h9-10H,2-8,11H2,1H3. The van der Waals surface area contributed by atoms with Crippen LogP contribution in [0.15, 0.2) is 0 Å². The molecule has 5 heteroatoms. The molecule has 1 saturated carbocycles. The van der Waals surface area contributed by atoms with Gasteiger partial charge in [0.2, 0.25) is 0 Å². The summed E-state index contributed by atoms with van der Waals surface area (Å²) in [5.41, 5.74) is 5.49. The van der Waals surface area contributed by atoms with Gasteiger partial charge in [0, 0.05) is 12.4 Å². The van der Waals surface area contributed by atoms with Crippen molar-refractivity contribution in [2.45, 2.75) is 32.3 Å². The number of nitrogens with two attached hydrogens (primary N) is 1. The average Bonchev–Trinajstić information content (AvgIpc) is 2.15. The Morgan fingerprint density at radius 1 is 1.40 bits per heavy atom. The zero-order chi connectivity index (χ0) is 11.3. The second-order valence-electron chi connectivity index (χ2n) is 4.16. The van der Waals surface area contributed by atoms with Gasteiger partial charge in [0.25, 0.3) is 0 Å². The van der Waals surface area contributed by atoms with Gasteiger partial charge in [-0.15, -0.1) is 0 Å². The van der Waals surface area contributed by atoms with E-state index in [2.05, 4.69) is 0 Å². The number of ether oxygens (including phenoxy) is 1. The van der Waals surface area contributed by atoms with Gasteiger partial charge in [0.15, 0.2) is 0 Å². The van der Waals surface area contributed by atoms with E-state index in [1.165, 1.54) is 0 Å². The molecular formula is C10H21NO3S. The number of hydrogen-bond acceptors (Lipinski definition) is 4. The molecule has 0 saturated heterocycles. The van der Waals surface area contributed by atoms with Crippen LogP contribution in [0.5, 0.6) is 0 Å². The summed E-state index contributed by atoms with van der Waals surface area (Å²) >= 11 is 0. The number of rotatable bonds is 7. The Labute approximate surface area is 92.1 Å². The summed E-state index contributed by atoms with van der Waals surface area (Å²) in [6.07, 6.45) is 3.01. The zero-order valence-corrected chi connectivity index (χ0v) is 10.1. The Balaban J connectivity index is 1.99. The van der Waals surface area contributed by atoms with Crippen molar-refractivity contribution >= 4 is 9.84 Å². The van der Waals surface area contributed by atoms with Gasteiger partial charge >= 0.3 is 0 Å². The van der Waals surface area contributed by atoms with Crippen molar-refractivity contribution in [3.05, 3.63) is 0 Å². The smallest absolute Gasteiger partial charge is 0.150 e. The van der Waals surface area contributed by atoms with Crippen molar-refractivity contribution in [1.29, 1.82) is 0 Å². The molecule has 1 aliphatic carbocycles. The molecule has 0 aromatic carbocycles. The highest BCUT2D eigenvalue weighted by molar-refractivity contribution is 7.91. The second-order valence-corrected chi connectivity index (χ2v) is 6.63. The van der Waals surface area contributed by atoms with Crippen LogP contribution in [-0.2, 0) is 14.6 Å². The van der Waals surface area contributed by atoms with Crippen LogP contribution in [0, 0.1) is 5.92 Å². The molecule has 0 spiro atoms. The van der Waals surface area contributed by atoms with Crippen LogP contribution in [-0.4, -0.2) is 39.2 Å². The fourth-order valence-electron chi connectivity index (χ4n) is 1.68. The van der Waals surface area contributed by atoms with Crippen molar-refractivity contribution < 1.29 is 13.2 Å². The molecule has 0 aliphatic heterocycles. The highest BCUT2D eigenvalue weighted by atomic mass is 32.2. The molecule has 0 atom stereocenters.